The zero-order valence-corrected chi connectivity index (χ0v) is 18.7. The van der Waals surface area contributed by atoms with Crippen molar-refractivity contribution in [3.8, 4) is 0 Å². The number of halogens is 1. The predicted octanol–water partition coefficient (Wildman–Crippen LogP) is 3.60. The first-order valence-corrected chi connectivity index (χ1v) is 9.15. The van der Waals surface area contributed by atoms with E-state index in [4.69, 9.17) is 4.99 Å². The van der Waals surface area contributed by atoms with Gasteiger partial charge >= 0.3 is 0 Å². The molecule has 1 N–H and O–H groups in total. The van der Waals surface area contributed by atoms with Gasteiger partial charge in [-0.15, -0.1) is 24.0 Å². The summed E-state index contributed by atoms with van der Waals surface area (Å²) < 4.78 is 0. The summed E-state index contributed by atoms with van der Waals surface area (Å²) in [6.45, 7) is 10.6. The van der Waals surface area contributed by atoms with Crippen molar-refractivity contribution in [3.05, 3.63) is 23.9 Å². The number of pyridine rings is 1. The molecule has 2 rings (SSSR count). The Hall–Kier alpha value is -1.05. The Balaban J connectivity index is 0.00000312. The maximum Gasteiger partial charge on any atom is 0.194 e. The Labute approximate surface area is 170 Å². The van der Waals surface area contributed by atoms with E-state index < -0.39 is 0 Å². The van der Waals surface area contributed by atoms with Crippen molar-refractivity contribution in [2.45, 2.75) is 40.2 Å². The van der Waals surface area contributed by atoms with Crippen LogP contribution in [0.1, 0.15) is 39.2 Å². The molecule has 1 atom stereocenters. The molecule has 1 fully saturated rings. The molecule has 1 aliphatic rings. The lowest BCUT2D eigenvalue weighted by molar-refractivity contribution is 0.403. The van der Waals surface area contributed by atoms with E-state index in [0.29, 0.717) is 6.54 Å². The van der Waals surface area contributed by atoms with E-state index in [2.05, 4.69) is 42.0 Å². The van der Waals surface area contributed by atoms with Crippen molar-refractivity contribution in [3.63, 3.8) is 0 Å². The van der Waals surface area contributed by atoms with Gasteiger partial charge in [0.05, 0.1) is 6.54 Å². The Kier molecular flexibility index (Phi) is 9.53. The number of guanidine groups is 1. The van der Waals surface area contributed by atoms with Crippen LogP contribution in [0.4, 0.5) is 5.82 Å². The number of nitrogens with one attached hydrogen (secondary N) is 1. The molecule has 1 unspecified atom stereocenters. The molecule has 0 saturated carbocycles. The molecule has 1 aromatic rings. The average molecular weight is 459 g/mol. The first-order valence-electron chi connectivity index (χ1n) is 9.15. The Morgan fingerprint density at radius 2 is 2.20 bits per heavy atom. The van der Waals surface area contributed by atoms with Crippen LogP contribution in [-0.4, -0.2) is 49.6 Å². The zero-order chi connectivity index (χ0) is 17.5. The van der Waals surface area contributed by atoms with E-state index in [1.54, 1.807) is 0 Å². The van der Waals surface area contributed by atoms with Gasteiger partial charge < -0.3 is 15.1 Å². The quantitative estimate of drug-likeness (QED) is 0.401. The number of aromatic nitrogens is 1. The van der Waals surface area contributed by atoms with Crippen molar-refractivity contribution < 1.29 is 0 Å². The molecule has 0 aromatic carbocycles. The van der Waals surface area contributed by atoms with Gasteiger partial charge in [0.15, 0.2) is 5.96 Å². The minimum absolute atomic E-state index is 0. The summed E-state index contributed by atoms with van der Waals surface area (Å²) in [7, 11) is 4.02. The fourth-order valence-corrected chi connectivity index (χ4v) is 3.28. The largest absolute Gasteiger partial charge is 0.363 e. The molecule has 0 spiro atoms. The molecule has 0 radical (unpaired) electrons. The summed E-state index contributed by atoms with van der Waals surface area (Å²) in [5.41, 5.74) is 1.20. The number of nitrogens with zero attached hydrogens (tertiary/aromatic N) is 4. The third-order valence-corrected chi connectivity index (χ3v) is 4.40. The van der Waals surface area contributed by atoms with Crippen LogP contribution in [0.15, 0.2) is 23.3 Å². The van der Waals surface area contributed by atoms with Crippen molar-refractivity contribution in [1.29, 1.82) is 0 Å². The topological polar surface area (TPSA) is 43.8 Å². The first kappa shape index (κ1) is 22.0. The van der Waals surface area contributed by atoms with E-state index >= 15 is 0 Å². The van der Waals surface area contributed by atoms with Crippen LogP contribution >= 0.6 is 24.0 Å². The highest BCUT2D eigenvalue weighted by Gasteiger charge is 2.25. The molecule has 6 heteroatoms. The molecular weight excluding hydrogens is 425 g/mol. The number of hydrogen-bond acceptors (Lipinski definition) is 3. The maximum absolute atomic E-state index is 4.86. The maximum atomic E-state index is 4.86. The van der Waals surface area contributed by atoms with E-state index in [1.807, 2.05) is 31.3 Å². The van der Waals surface area contributed by atoms with Crippen LogP contribution in [0, 0.1) is 11.8 Å². The van der Waals surface area contributed by atoms with Crippen LogP contribution in [0.5, 0.6) is 0 Å². The van der Waals surface area contributed by atoms with Gasteiger partial charge in [-0.1, -0.05) is 13.8 Å². The second-order valence-corrected chi connectivity index (χ2v) is 7.32. The summed E-state index contributed by atoms with van der Waals surface area (Å²) in [6.07, 6.45) is 4.46. The molecule has 25 heavy (non-hydrogen) atoms. The van der Waals surface area contributed by atoms with Gasteiger partial charge in [-0.25, -0.2) is 9.98 Å². The van der Waals surface area contributed by atoms with Gasteiger partial charge in [0.1, 0.15) is 5.82 Å². The van der Waals surface area contributed by atoms with Crippen molar-refractivity contribution in [1.82, 2.24) is 15.2 Å². The number of anilines is 1. The van der Waals surface area contributed by atoms with Crippen LogP contribution in [0.3, 0.4) is 0 Å². The lowest BCUT2D eigenvalue weighted by Crippen LogP contribution is -2.40. The number of aliphatic imine (C=N–C) groups is 1. The summed E-state index contributed by atoms with van der Waals surface area (Å²) in [6, 6.07) is 4.16. The molecule has 1 aliphatic heterocycles. The number of rotatable bonds is 6. The van der Waals surface area contributed by atoms with Crippen LogP contribution < -0.4 is 10.2 Å². The smallest absolute Gasteiger partial charge is 0.194 e. The molecule has 5 nitrogen and oxygen atoms in total. The molecule has 0 aliphatic carbocycles. The van der Waals surface area contributed by atoms with Gasteiger partial charge in [-0.05, 0) is 49.3 Å². The lowest BCUT2D eigenvalue weighted by atomic mass is 9.97. The van der Waals surface area contributed by atoms with E-state index in [-0.39, 0.29) is 24.0 Å². The van der Waals surface area contributed by atoms with Gasteiger partial charge in [-0.3, -0.25) is 0 Å². The molecule has 0 amide bonds. The lowest BCUT2D eigenvalue weighted by Gasteiger charge is -2.22. The Morgan fingerprint density at radius 3 is 2.84 bits per heavy atom. The number of likely N-dealkylation sites (tertiary alicyclic amines) is 1. The first-order chi connectivity index (χ1) is 11.5. The highest BCUT2D eigenvalue weighted by Crippen LogP contribution is 2.23. The minimum Gasteiger partial charge on any atom is -0.363 e. The zero-order valence-electron chi connectivity index (χ0n) is 16.3. The monoisotopic (exact) mass is 459 g/mol. The molecular formula is C19H34IN5. The Morgan fingerprint density at radius 1 is 1.44 bits per heavy atom. The summed E-state index contributed by atoms with van der Waals surface area (Å²) >= 11 is 0. The second-order valence-electron chi connectivity index (χ2n) is 7.32. The molecule has 1 saturated heterocycles. The third-order valence-electron chi connectivity index (χ3n) is 4.40. The van der Waals surface area contributed by atoms with Crippen LogP contribution in [0.2, 0.25) is 0 Å². The fraction of sp³-hybridized carbons (Fsp3) is 0.684. The van der Waals surface area contributed by atoms with E-state index in [9.17, 15) is 0 Å². The van der Waals surface area contributed by atoms with Gasteiger partial charge in [0, 0.05) is 39.9 Å². The van der Waals surface area contributed by atoms with Crippen LogP contribution in [0.25, 0.3) is 0 Å². The van der Waals surface area contributed by atoms with Crippen molar-refractivity contribution >= 4 is 35.8 Å². The van der Waals surface area contributed by atoms with E-state index in [1.165, 1.54) is 18.4 Å². The van der Waals surface area contributed by atoms with Gasteiger partial charge in [-0.2, -0.15) is 0 Å². The Bertz CT molecular complexity index is 544. The summed E-state index contributed by atoms with van der Waals surface area (Å²) in [5, 5.41) is 3.46. The third kappa shape index (κ3) is 6.99. The fourth-order valence-electron chi connectivity index (χ4n) is 3.28. The summed E-state index contributed by atoms with van der Waals surface area (Å²) in [5.74, 6) is 3.60. The second kappa shape index (κ2) is 10.8. The highest BCUT2D eigenvalue weighted by atomic mass is 127. The SMILES string of the molecule is CCNC(=NCc1ccnc(N(C)C)c1)N1CCC(CC(C)C)C1.I. The molecule has 1 aromatic heterocycles. The summed E-state index contributed by atoms with van der Waals surface area (Å²) in [4.78, 5) is 13.7. The standard InChI is InChI=1S/C19H33N5.HI/c1-6-20-19(24-10-8-17(14-24)11-15(2)3)22-13-16-7-9-21-18(12-16)23(4)5;/h7,9,12,15,17H,6,8,10-11,13-14H2,1-5H3,(H,20,22);1H. The predicted molar refractivity (Wildman–Crippen MR) is 118 cm³/mol. The number of hydrogen-bond donors (Lipinski definition) is 1. The van der Waals surface area contributed by atoms with Crippen LogP contribution in [-0.2, 0) is 6.54 Å². The minimum atomic E-state index is 0. The highest BCUT2D eigenvalue weighted by molar-refractivity contribution is 14.0. The van der Waals surface area contributed by atoms with Crippen molar-refractivity contribution in [2.75, 3.05) is 38.6 Å². The average Bonchev–Trinajstić information content (AvgIpc) is 2.99. The van der Waals surface area contributed by atoms with E-state index in [0.717, 1.165) is 43.2 Å². The van der Waals surface area contributed by atoms with Gasteiger partial charge in [0.25, 0.3) is 0 Å². The molecule has 2 heterocycles. The molecule has 0 bridgehead atoms. The normalized spacial score (nSPS) is 17.6. The van der Waals surface area contributed by atoms with Crippen molar-refractivity contribution in [2.24, 2.45) is 16.8 Å². The van der Waals surface area contributed by atoms with Gasteiger partial charge in [0.2, 0.25) is 0 Å². The molecule has 142 valence electrons.